The van der Waals surface area contributed by atoms with Gasteiger partial charge in [-0.15, -0.1) is 0 Å². The molecule has 1 aliphatic heterocycles. The van der Waals surface area contributed by atoms with Crippen LogP contribution in [0.5, 0.6) is 0 Å². The van der Waals surface area contributed by atoms with Crippen LogP contribution in [0.25, 0.3) is 0 Å². The average molecular weight is 291 g/mol. The van der Waals surface area contributed by atoms with E-state index in [-0.39, 0.29) is 5.92 Å². The highest BCUT2D eigenvalue weighted by molar-refractivity contribution is 5.79. The first-order valence-electron chi connectivity index (χ1n) is 8.22. The summed E-state index contributed by atoms with van der Waals surface area (Å²) in [4.78, 5) is 19.0. The van der Waals surface area contributed by atoms with E-state index >= 15 is 0 Å². The Balaban J connectivity index is 1.54. The molecule has 1 aliphatic carbocycles. The minimum Gasteiger partial charge on any atom is -0.342 e. The molecule has 1 aromatic heterocycles. The highest BCUT2D eigenvalue weighted by Gasteiger charge is 2.32. The zero-order chi connectivity index (χ0) is 14.8. The number of aromatic nitrogens is 2. The van der Waals surface area contributed by atoms with Crippen molar-refractivity contribution in [2.75, 3.05) is 13.1 Å². The molecule has 3 rings (SSSR count). The van der Waals surface area contributed by atoms with Gasteiger partial charge in [0.25, 0.3) is 0 Å². The van der Waals surface area contributed by atoms with Gasteiger partial charge in [0, 0.05) is 24.9 Å². The third kappa shape index (κ3) is 3.27. The second-order valence-electron chi connectivity index (χ2n) is 6.75. The van der Waals surface area contributed by atoms with Crippen molar-refractivity contribution in [2.45, 2.75) is 58.3 Å². The standard InChI is InChI=1S/C16H25N3O2/c1-11-4-3-5-14(10-11)16(20)19-8-6-13(7-9-19)15-17-12(2)18-21-15/h11,13-14H,3-10H2,1-2H3. The van der Waals surface area contributed by atoms with Crippen LogP contribution in [-0.4, -0.2) is 34.0 Å². The van der Waals surface area contributed by atoms with Gasteiger partial charge in [-0.25, -0.2) is 0 Å². The monoisotopic (exact) mass is 291 g/mol. The van der Waals surface area contributed by atoms with Gasteiger partial charge in [0.1, 0.15) is 0 Å². The van der Waals surface area contributed by atoms with Gasteiger partial charge < -0.3 is 9.42 Å². The van der Waals surface area contributed by atoms with E-state index in [1.54, 1.807) is 0 Å². The van der Waals surface area contributed by atoms with Crippen LogP contribution < -0.4 is 0 Å². The van der Waals surface area contributed by atoms with Crippen LogP contribution in [0.2, 0.25) is 0 Å². The number of carbonyl (C=O) groups excluding carboxylic acids is 1. The highest BCUT2D eigenvalue weighted by atomic mass is 16.5. The molecule has 1 saturated carbocycles. The molecule has 2 aliphatic rings. The van der Waals surface area contributed by atoms with E-state index in [1.807, 2.05) is 6.92 Å². The van der Waals surface area contributed by atoms with Gasteiger partial charge in [0.15, 0.2) is 5.82 Å². The van der Waals surface area contributed by atoms with Crippen molar-refractivity contribution in [1.82, 2.24) is 15.0 Å². The molecule has 5 nitrogen and oxygen atoms in total. The molecule has 0 bridgehead atoms. The molecule has 0 N–H and O–H groups in total. The summed E-state index contributed by atoms with van der Waals surface area (Å²) in [5.41, 5.74) is 0. The fourth-order valence-corrected chi connectivity index (χ4v) is 3.74. The van der Waals surface area contributed by atoms with Crippen LogP contribution in [0.1, 0.15) is 63.1 Å². The molecule has 0 aromatic carbocycles. The van der Waals surface area contributed by atoms with E-state index in [4.69, 9.17) is 4.52 Å². The Morgan fingerprint density at radius 1 is 1.24 bits per heavy atom. The number of likely N-dealkylation sites (tertiary alicyclic amines) is 1. The van der Waals surface area contributed by atoms with Gasteiger partial charge in [-0.1, -0.05) is 24.9 Å². The molecule has 2 fully saturated rings. The molecule has 5 heteroatoms. The maximum Gasteiger partial charge on any atom is 0.229 e. The van der Waals surface area contributed by atoms with Gasteiger partial charge in [-0.05, 0) is 38.5 Å². The topological polar surface area (TPSA) is 59.2 Å². The molecule has 21 heavy (non-hydrogen) atoms. The van der Waals surface area contributed by atoms with E-state index in [9.17, 15) is 4.79 Å². The zero-order valence-corrected chi connectivity index (χ0v) is 13.0. The minimum absolute atomic E-state index is 0.260. The Hall–Kier alpha value is -1.39. The molecule has 2 heterocycles. The van der Waals surface area contributed by atoms with Crippen LogP contribution in [-0.2, 0) is 4.79 Å². The SMILES string of the molecule is Cc1noc(C2CCN(C(=O)C3CCCC(C)C3)CC2)n1. The van der Waals surface area contributed by atoms with Crippen molar-refractivity contribution < 1.29 is 9.32 Å². The second-order valence-corrected chi connectivity index (χ2v) is 6.75. The lowest BCUT2D eigenvalue weighted by atomic mass is 9.81. The Morgan fingerprint density at radius 2 is 2.00 bits per heavy atom. The number of piperidine rings is 1. The molecule has 1 saturated heterocycles. The fraction of sp³-hybridized carbons (Fsp3) is 0.812. The van der Waals surface area contributed by atoms with Crippen LogP contribution in [0.3, 0.4) is 0 Å². The van der Waals surface area contributed by atoms with Crippen molar-refractivity contribution in [3.63, 3.8) is 0 Å². The number of aryl methyl sites for hydroxylation is 1. The summed E-state index contributed by atoms with van der Waals surface area (Å²) in [5.74, 6) is 3.09. The maximum absolute atomic E-state index is 12.6. The summed E-state index contributed by atoms with van der Waals surface area (Å²) >= 11 is 0. The molecular weight excluding hydrogens is 266 g/mol. The van der Waals surface area contributed by atoms with E-state index in [0.717, 1.165) is 44.7 Å². The Morgan fingerprint density at radius 3 is 2.62 bits per heavy atom. The van der Waals surface area contributed by atoms with Gasteiger partial charge in [-0.3, -0.25) is 4.79 Å². The number of amides is 1. The molecule has 1 aromatic rings. The largest absolute Gasteiger partial charge is 0.342 e. The minimum atomic E-state index is 0.260. The van der Waals surface area contributed by atoms with E-state index < -0.39 is 0 Å². The number of hydrogen-bond donors (Lipinski definition) is 0. The van der Waals surface area contributed by atoms with Crippen LogP contribution in [0.4, 0.5) is 0 Å². The quantitative estimate of drug-likeness (QED) is 0.840. The second kappa shape index (κ2) is 6.16. The van der Waals surface area contributed by atoms with Gasteiger partial charge in [0.05, 0.1) is 0 Å². The number of hydrogen-bond acceptors (Lipinski definition) is 4. The predicted octanol–water partition coefficient (Wildman–Crippen LogP) is 2.91. The normalized spacial score (nSPS) is 27.8. The molecule has 0 spiro atoms. The third-order valence-electron chi connectivity index (χ3n) is 4.98. The van der Waals surface area contributed by atoms with E-state index in [1.165, 1.54) is 12.8 Å². The summed E-state index contributed by atoms with van der Waals surface area (Å²) in [5, 5.41) is 3.86. The lowest BCUT2D eigenvalue weighted by molar-refractivity contribution is -0.138. The lowest BCUT2D eigenvalue weighted by Gasteiger charge is -2.35. The molecule has 0 radical (unpaired) electrons. The highest BCUT2D eigenvalue weighted by Crippen LogP contribution is 2.32. The molecule has 2 atom stereocenters. The molecular formula is C16H25N3O2. The Labute approximate surface area is 126 Å². The van der Waals surface area contributed by atoms with Crippen molar-refractivity contribution in [2.24, 2.45) is 11.8 Å². The first kappa shape index (κ1) is 14.5. The summed E-state index contributed by atoms with van der Waals surface area (Å²) in [7, 11) is 0. The first-order chi connectivity index (χ1) is 10.1. The van der Waals surface area contributed by atoms with Crippen molar-refractivity contribution >= 4 is 5.91 Å². The lowest BCUT2D eigenvalue weighted by Crippen LogP contribution is -2.42. The summed E-state index contributed by atoms with van der Waals surface area (Å²) in [6, 6.07) is 0. The molecule has 1 amide bonds. The summed E-state index contributed by atoms with van der Waals surface area (Å²) < 4.78 is 5.27. The van der Waals surface area contributed by atoms with Crippen LogP contribution in [0, 0.1) is 18.8 Å². The Kier molecular flexibility index (Phi) is 4.27. The van der Waals surface area contributed by atoms with E-state index in [0.29, 0.717) is 23.6 Å². The van der Waals surface area contributed by atoms with Crippen LogP contribution in [0.15, 0.2) is 4.52 Å². The predicted molar refractivity (Wildman–Crippen MR) is 78.7 cm³/mol. The molecule has 116 valence electrons. The van der Waals surface area contributed by atoms with Crippen molar-refractivity contribution in [1.29, 1.82) is 0 Å². The van der Waals surface area contributed by atoms with Gasteiger partial charge in [0.2, 0.25) is 11.8 Å². The van der Waals surface area contributed by atoms with Crippen molar-refractivity contribution in [3.8, 4) is 0 Å². The third-order valence-corrected chi connectivity index (χ3v) is 4.98. The van der Waals surface area contributed by atoms with E-state index in [2.05, 4.69) is 22.0 Å². The number of carbonyl (C=O) groups is 1. The smallest absolute Gasteiger partial charge is 0.229 e. The van der Waals surface area contributed by atoms with Gasteiger partial charge >= 0.3 is 0 Å². The summed E-state index contributed by atoms with van der Waals surface area (Å²) in [6.45, 7) is 5.77. The Bertz CT molecular complexity index is 491. The van der Waals surface area contributed by atoms with Crippen LogP contribution >= 0.6 is 0 Å². The van der Waals surface area contributed by atoms with Crippen molar-refractivity contribution in [3.05, 3.63) is 11.7 Å². The number of rotatable bonds is 2. The fourth-order valence-electron chi connectivity index (χ4n) is 3.74. The zero-order valence-electron chi connectivity index (χ0n) is 13.0. The average Bonchev–Trinajstić information content (AvgIpc) is 2.93. The number of nitrogens with zero attached hydrogens (tertiary/aromatic N) is 3. The summed E-state index contributed by atoms with van der Waals surface area (Å²) in [6.07, 6.45) is 6.51. The van der Waals surface area contributed by atoms with Gasteiger partial charge in [-0.2, -0.15) is 4.98 Å². The molecule has 2 unspecified atom stereocenters. The first-order valence-corrected chi connectivity index (χ1v) is 8.22. The maximum atomic E-state index is 12.6.